The van der Waals surface area contributed by atoms with E-state index in [1.165, 1.54) is 0 Å². The summed E-state index contributed by atoms with van der Waals surface area (Å²) in [6.07, 6.45) is 3.21. The molecule has 5 heteroatoms. The number of sulfone groups is 1. The van der Waals surface area contributed by atoms with Crippen molar-refractivity contribution >= 4 is 15.7 Å². The molecule has 4 nitrogen and oxygen atoms in total. The lowest BCUT2D eigenvalue weighted by atomic mass is 9.79. The van der Waals surface area contributed by atoms with Crippen molar-refractivity contribution in [3.8, 4) is 0 Å². The van der Waals surface area contributed by atoms with Crippen LogP contribution in [-0.4, -0.2) is 32.4 Å². The predicted octanol–water partition coefficient (Wildman–Crippen LogP) is 2.78. The fourth-order valence-corrected chi connectivity index (χ4v) is 4.01. The van der Waals surface area contributed by atoms with E-state index in [9.17, 15) is 13.2 Å². The van der Waals surface area contributed by atoms with Gasteiger partial charge in [-0.1, -0.05) is 34.6 Å². The molecule has 0 aromatic carbocycles. The van der Waals surface area contributed by atoms with Crippen LogP contribution in [0.15, 0.2) is 0 Å². The second-order valence-electron chi connectivity index (χ2n) is 8.25. The van der Waals surface area contributed by atoms with Gasteiger partial charge in [0, 0.05) is 12.0 Å². The lowest BCUT2D eigenvalue weighted by molar-refractivity contribution is -0.130. The Morgan fingerprint density at radius 2 is 1.57 bits per heavy atom. The second kappa shape index (κ2) is 6.67. The maximum absolute atomic E-state index is 12.3. The third-order valence-electron chi connectivity index (χ3n) is 4.34. The first-order valence-electron chi connectivity index (χ1n) is 7.90. The van der Waals surface area contributed by atoms with E-state index in [4.69, 9.17) is 0 Å². The molecule has 124 valence electrons. The molecule has 1 aliphatic heterocycles. The number of hydrogen-bond acceptors (Lipinski definition) is 3. The van der Waals surface area contributed by atoms with Gasteiger partial charge in [0.1, 0.15) is 9.84 Å². The quantitative estimate of drug-likeness (QED) is 0.848. The second-order valence-corrected chi connectivity index (χ2v) is 10.6. The highest BCUT2D eigenvalue weighted by Gasteiger charge is 2.30. The number of nitrogens with one attached hydrogen (secondary N) is 1. The summed E-state index contributed by atoms with van der Waals surface area (Å²) in [6.45, 7) is 11.1. The number of rotatable bonds is 5. The lowest BCUT2D eigenvalue weighted by Crippen LogP contribution is -2.41. The summed E-state index contributed by atoms with van der Waals surface area (Å²) in [5.74, 6) is 0.915. The Kier molecular flexibility index (Phi) is 5.87. The molecule has 0 radical (unpaired) electrons. The molecule has 0 spiro atoms. The van der Waals surface area contributed by atoms with Crippen LogP contribution in [-0.2, 0) is 14.6 Å². The van der Waals surface area contributed by atoms with Gasteiger partial charge in [0.2, 0.25) is 5.91 Å². The van der Waals surface area contributed by atoms with Gasteiger partial charge < -0.3 is 5.32 Å². The smallest absolute Gasteiger partial charge is 0.225 e. The van der Waals surface area contributed by atoms with Gasteiger partial charge in [0.05, 0.1) is 11.5 Å². The van der Waals surface area contributed by atoms with E-state index in [1.807, 2.05) is 13.8 Å². The van der Waals surface area contributed by atoms with Crippen molar-refractivity contribution in [2.75, 3.05) is 18.1 Å². The number of carbonyl (C=O) groups excluding carboxylic acids is 1. The molecule has 1 amide bonds. The van der Waals surface area contributed by atoms with Crippen LogP contribution in [0.2, 0.25) is 0 Å². The Hall–Kier alpha value is -0.580. The molecule has 21 heavy (non-hydrogen) atoms. The molecule has 0 aliphatic carbocycles. The van der Waals surface area contributed by atoms with Crippen LogP contribution in [0.25, 0.3) is 0 Å². The molecule has 0 saturated carbocycles. The summed E-state index contributed by atoms with van der Waals surface area (Å²) in [5.41, 5.74) is -0.136. The van der Waals surface area contributed by atoms with Gasteiger partial charge in [-0.15, -0.1) is 0 Å². The minimum atomic E-state index is -2.82. The first-order chi connectivity index (χ1) is 9.41. The molecular formula is C16H31NO3S. The molecular weight excluding hydrogens is 286 g/mol. The number of hydrogen-bond donors (Lipinski definition) is 1. The van der Waals surface area contributed by atoms with E-state index in [1.54, 1.807) is 0 Å². The van der Waals surface area contributed by atoms with E-state index in [2.05, 4.69) is 26.1 Å². The minimum absolute atomic E-state index is 0.0835. The Morgan fingerprint density at radius 1 is 1.05 bits per heavy atom. The number of carbonyl (C=O) groups is 1. The molecule has 0 aromatic rings. The van der Waals surface area contributed by atoms with Crippen LogP contribution in [0.4, 0.5) is 0 Å². The van der Waals surface area contributed by atoms with Gasteiger partial charge >= 0.3 is 0 Å². The SMILES string of the molecule is CC(C)(C)CCC(C)(C)C(=O)NCC1CCS(=O)(=O)CC1. The predicted molar refractivity (Wildman–Crippen MR) is 86.9 cm³/mol. The van der Waals surface area contributed by atoms with E-state index in [-0.39, 0.29) is 28.2 Å². The molecule has 1 N–H and O–H groups in total. The maximum atomic E-state index is 12.3. The van der Waals surface area contributed by atoms with Gasteiger partial charge in [0.25, 0.3) is 0 Å². The molecule has 0 bridgehead atoms. The maximum Gasteiger partial charge on any atom is 0.225 e. The molecule has 1 saturated heterocycles. The van der Waals surface area contributed by atoms with Crippen molar-refractivity contribution in [1.29, 1.82) is 0 Å². The molecule has 1 aliphatic rings. The molecule has 0 unspecified atom stereocenters. The van der Waals surface area contributed by atoms with E-state index < -0.39 is 9.84 Å². The molecule has 1 rings (SSSR count). The molecule has 0 aromatic heterocycles. The molecule has 0 atom stereocenters. The van der Waals surface area contributed by atoms with Crippen LogP contribution < -0.4 is 5.32 Å². The normalized spacial score (nSPS) is 20.2. The Balaban J connectivity index is 2.39. The minimum Gasteiger partial charge on any atom is -0.355 e. The Labute approximate surface area is 130 Å². The molecule has 1 heterocycles. The topological polar surface area (TPSA) is 63.2 Å². The van der Waals surface area contributed by atoms with Crippen LogP contribution in [0.5, 0.6) is 0 Å². The van der Waals surface area contributed by atoms with Gasteiger partial charge in [-0.3, -0.25) is 4.79 Å². The highest BCUT2D eigenvalue weighted by molar-refractivity contribution is 7.91. The third-order valence-corrected chi connectivity index (χ3v) is 6.06. The Bertz CT molecular complexity index is 446. The summed E-state index contributed by atoms with van der Waals surface area (Å²) >= 11 is 0. The van der Waals surface area contributed by atoms with Crippen molar-refractivity contribution in [1.82, 2.24) is 5.32 Å². The zero-order valence-corrected chi connectivity index (χ0v) is 15.0. The van der Waals surface area contributed by atoms with E-state index in [0.717, 1.165) is 12.8 Å². The van der Waals surface area contributed by atoms with Crippen molar-refractivity contribution < 1.29 is 13.2 Å². The standard InChI is InChI=1S/C16H31NO3S/c1-15(2,3)8-9-16(4,5)14(18)17-12-13-6-10-21(19,20)11-7-13/h13H,6-12H2,1-5H3,(H,17,18). The Morgan fingerprint density at radius 3 is 2.05 bits per heavy atom. The van der Waals surface area contributed by atoms with E-state index in [0.29, 0.717) is 25.3 Å². The van der Waals surface area contributed by atoms with Crippen LogP contribution in [0.1, 0.15) is 60.3 Å². The summed E-state index contributed by atoms with van der Waals surface area (Å²) in [7, 11) is -2.82. The zero-order chi connectivity index (χ0) is 16.3. The summed E-state index contributed by atoms with van der Waals surface area (Å²) in [4.78, 5) is 12.3. The van der Waals surface area contributed by atoms with Crippen molar-refractivity contribution in [2.24, 2.45) is 16.7 Å². The summed E-state index contributed by atoms with van der Waals surface area (Å²) < 4.78 is 22.8. The van der Waals surface area contributed by atoms with Gasteiger partial charge in [-0.2, -0.15) is 0 Å². The largest absolute Gasteiger partial charge is 0.355 e. The average Bonchev–Trinajstić information content (AvgIpc) is 2.34. The lowest BCUT2D eigenvalue weighted by Gasteiger charge is -2.29. The average molecular weight is 317 g/mol. The molecule has 1 fully saturated rings. The van der Waals surface area contributed by atoms with Gasteiger partial charge in [0.15, 0.2) is 0 Å². The first-order valence-corrected chi connectivity index (χ1v) is 9.72. The zero-order valence-electron chi connectivity index (χ0n) is 14.2. The number of amides is 1. The van der Waals surface area contributed by atoms with Crippen LogP contribution in [0, 0.1) is 16.7 Å². The van der Waals surface area contributed by atoms with Gasteiger partial charge in [-0.05, 0) is 37.0 Å². The third kappa shape index (κ3) is 6.81. The fourth-order valence-electron chi connectivity index (χ4n) is 2.42. The highest BCUT2D eigenvalue weighted by atomic mass is 32.2. The highest BCUT2D eigenvalue weighted by Crippen LogP contribution is 2.30. The van der Waals surface area contributed by atoms with Crippen LogP contribution in [0.3, 0.4) is 0 Å². The summed E-state index contributed by atoms with van der Waals surface area (Å²) in [5, 5.41) is 3.02. The van der Waals surface area contributed by atoms with Crippen molar-refractivity contribution in [3.63, 3.8) is 0 Å². The van der Waals surface area contributed by atoms with Crippen LogP contribution >= 0.6 is 0 Å². The summed E-state index contributed by atoms with van der Waals surface area (Å²) in [6, 6.07) is 0. The van der Waals surface area contributed by atoms with Gasteiger partial charge in [-0.25, -0.2) is 8.42 Å². The first kappa shape index (κ1) is 18.5. The monoisotopic (exact) mass is 317 g/mol. The van der Waals surface area contributed by atoms with E-state index >= 15 is 0 Å². The van der Waals surface area contributed by atoms with Crippen molar-refractivity contribution in [2.45, 2.75) is 60.3 Å². The van der Waals surface area contributed by atoms with Crippen molar-refractivity contribution in [3.05, 3.63) is 0 Å². The fraction of sp³-hybridized carbons (Fsp3) is 0.938.